The second-order valence-corrected chi connectivity index (χ2v) is 6.76. The molecule has 3 nitrogen and oxygen atoms in total. The second kappa shape index (κ2) is 5.72. The van der Waals surface area contributed by atoms with E-state index < -0.39 is 0 Å². The third-order valence-electron chi connectivity index (χ3n) is 5.43. The van der Waals surface area contributed by atoms with E-state index in [0.29, 0.717) is 12.0 Å². The van der Waals surface area contributed by atoms with E-state index in [1.165, 1.54) is 44.9 Å². The maximum atomic E-state index is 12.3. The second-order valence-electron chi connectivity index (χ2n) is 6.76. The van der Waals surface area contributed by atoms with Crippen LogP contribution in [0, 0.1) is 5.41 Å². The van der Waals surface area contributed by atoms with Gasteiger partial charge in [0.25, 0.3) is 0 Å². The summed E-state index contributed by atoms with van der Waals surface area (Å²) in [6.07, 6.45) is 11.7. The van der Waals surface area contributed by atoms with Crippen molar-refractivity contribution < 1.29 is 4.79 Å². The van der Waals surface area contributed by atoms with Gasteiger partial charge in [0, 0.05) is 13.2 Å². The molecule has 0 atom stereocenters. The highest BCUT2D eigenvalue weighted by molar-refractivity contribution is 5.96. The van der Waals surface area contributed by atoms with Crippen LogP contribution in [0.5, 0.6) is 0 Å². The molecule has 110 valence electrons. The Balaban J connectivity index is 1.54. The van der Waals surface area contributed by atoms with Gasteiger partial charge in [-0.3, -0.25) is 9.69 Å². The van der Waals surface area contributed by atoms with Crippen LogP contribution in [0.3, 0.4) is 0 Å². The standard InChI is InChI=1S/C17H26N2O/c1-18-11-5-6-15(18)16(20)14-19-12-9-17(10-13-19)7-3-2-4-8-17/h5-6,11H,2-4,7-10,12-14H2,1H3. The average Bonchev–Trinajstić information content (AvgIpc) is 2.89. The van der Waals surface area contributed by atoms with E-state index >= 15 is 0 Å². The van der Waals surface area contributed by atoms with Crippen LogP contribution in [0.25, 0.3) is 0 Å². The lowest BCUT2D eigenvalue weighted by atomic mass is 9.68. The Hall–Kier alpha value is -1.09. The molecule has 20 heavy (non-hydrogen) atoms. The van der Waals surface area contributed by atoms with Crippen molar-refractivity contribution in [3.8, 4) is 0 Å². The summed E-state index contributed by atoms with van der Waals surface area (Å²) >= 11 is 0. The first-order chi connectivity index (χ1) is 9.69. The number of likely N-dealkylation sites (tertiary alicyclic amines) is 1. The van der Waals surface area contributed by atoms with Gasteiger partial charge in [-0.2, -0.15) is 0 Å². The zero-order valence-corrected chi connectivity index (χ0v) is 12.6. The van der Waals surface area contributed by atoms with Crippen LogP contribution in [0.1, 0.15) is 55.4 Å². The van der Waals surface area contributed by atoms with Crippen LogP contribution in [0.15, 0.2) is 18.3 Å². The molecule has 1 saturated carbocycles. The van der Waals surface area contributed by atoms with Gasteiger partial charge < -0.3 is 4.57 Å². The third kappa shape index (κ3) is 2.83. The molecule has 2 aliphatic rings. The molecule has 1 saturated heterocycles. The van der Waals surface area contributed by atoms with Crippen molar-refractivity contribution in [1.29, 1.82) is 0 Å². The Kier molecular flexibility index (Phi) is 3.97. The number of aromatic nitrogens is 1. The van der Waals surface area contributed by atoms with Gasteiger partial charge in [-0.1, -0.05) is 19.3 Å². The summed E-state index contributed by atoms with van der Waals surface area (Å²) in [5.74, 6) is 0.261. The maximum Gasteiger partial charge on any atom is 0.193 e. The summed E-state index contributed by atoms with van der Waals surface area (Å²) in [5, 5.41) is 0. The summed E-state index contributed by atoms with van der Waals surface area (Å²) in [6, 6.07) is 3.87. The summed E-state index contributed by atoms with van der Waals surface area (Å²) in [4.78, 5) is 14.7. The van der Waals surface area contributed by atoms with Crippen LogP contribution in [-0.2, 0) is 7.05 Å². The van der Waals surface area contributed by atoms with Gasteiger partial charge in [0.15, 0.2) is 5.78 Å². The van der Waals surface area contributed by atoms with Gasteiger partial charge in [-0.25, -0.2) is 0 Å². The highest BCUT2D eigenvalue weighted by Gasteiger charge is 2.35. The lowest BCUT2D eigenvalue weighted by molar-refractivity contribution is 0.0608. The van der Waals surface area contributed by atoms with Crippen LogP contribution >= 0.6 is 0 Å². The highest BCUT2D eigenvalue weighted by atomic mass is 16.1. The van der Waals surface area contributed by atoms with E-state index in [2.05, 4.69) is 4.90 Å². The number of rotatable bonds is 3. The predicted molar refractivity (Wildman–Crippen MR) is 80.9 cm³/mol. The first-order valence-corrected chi connectivity index (χ1v) is 8.05. The van der Waals surface area contributed by atoms with Crippen molar-refractivity contribution in [3.05, 3.63) is 24.0 Å². The predicted octanol–water partition coefficient (Wildman–Crippen LogP) is 3.25. The number of piperidine rings is 1. The molecular formula is C17H26N2O. The van der Waals surface area contributed by atoms with Gasteiger partial charge in [-0.05, 0) is 56.3 Å². The largest absolute Gasteiger partial charge is 0.348 e. The maximum absolute atomic E-state index is 12.3. The summed E-state index contributed by atoms with van der Waals surface area (Å²) < 4.78 is 1.93. The number of carbonyl (C=O) groups excluding carboxylic acids is 1. The van der Waals surface area contributed by atoms with Gasteiger partial charge in [-0.15, -0.1) is 0 Å². The normalized spacial score (nSPS) is 23.1. The van der Waals surface area contributed by atoms with Crippen molar-refractivity contribution in [2.24, 2.45) is 12.5 Å². The molecule has 0 amide bonds. The Labute approximate surface area is 122 Å². The van der Waals surface area contributed by atoms with Crippen LogP contribution in [0.4, 0.5) is 0 Å². The summed E-state index contributed by atoms with van der Waals surface area (Å²) in [7, 11) is 1.94. The first-order valence-electron chi connectivity index (χ1n) is 8.05. The van der Waals surface area contributed by atoms with Gasteiger partial charge in [0.1, 0.15) is 0 Å². The Morgan fingerprint density at radius 3 is 2.45 bits per heavy atom. The molecule has 0 bridgehead atoms. The zero-order chi connectivity index (χ0) is 14.0. The van der Waals surface area contributed by atoms with Crippen molar-refractivity contribution in [2.45, 2.75) is 44.9 Å². The molecule has 1 aliphatic carbocycles. The van der Waals surface area contributed by atoms with Crippen molar-refractivity contribution in [3.63, 3.8) is 0 Å². The topological polar surface area (TPSA) is 25.2 Å². The molecule has 0 aromatic carbocycles. The molecule has 3 rings (SSSR count). The number of ketones is 1. The Morgan fingerprint density at radius 2 is 1.85 bits per heavy atom. The number of aryl methyl sites for hydroxylation is 1. The lowest BCUT2D eigenvalue weighted by Gasteiger charge is -2.44. The van der Waals surface area contributed by atoms with E-state index in [4.69, 9.17) is 0 Å². The number of hydrogen-bond donors (Lipinski definition) is 0. The van der Waals surface area contributed by atoms with E-state index in [0.717, 1.165) is 18.8 Å². The Morgan fingerprint density at radius 1 is 1.15 bits per heavy atom. The molecule has 1 aliphatic heterocycles. The van der Waals surface area contributed by atoms with Crippen LogP contribution < -0.4 is 0 Å². The molecule has 0 unspecified atom stereocenters. The number of hydrogen-bond acceptors (Lipinski definition) is 2. The van der Waals surface area contributed by atoms with Gasteiger partial charge in [0.2, 0.25) is 0 Å². The number of nitrogens with zero attached hydrogens (tertiary/aromatic N) is 2. The lowest BCUT2D eigenvalue weighted by Crippen LogP contribution is -2.43. The monoisotopic (exact) mass is 274 g/mol. The quantitative estimate of drug-likeness (QED) is 0.791. The molecule has 2 fully saturated rings. The molecule has 1 aromatic heterocycles. The summed E-state index contributed by atoms with van der Waals surface area (Å²) in [5.41, 5.74) is 1.46. The average molecular weight is 274 g/mol. The molecular weight excluding hydrogens is 248 g/mol. The molecule has 1 spiro atoms. The van der Waals surface area contributed by atoms with E-state index in [-0.39, 0.29) is 5.78 Å². The van der Waals surface area contributed by atoms with Crippen LogP contribution in [0.2, 0.25) is 0 Å². The molecule has 1 aromatic rings. The fraction of sp³-hybridized carbons (Fsp3) is 0.706. The highest BCUT2D eigenvalue weighted by Crippen LogP contribution is 2.44. The van der Waals surface area contributed by atoms with Crippen molar-refractivity contribution in [2.75, 3.05) is 19.6 Å². The minimum Gasteiger partial charge on any atom is -0.348 e. The minimum absolute atomic E-state index is 0.261. The third-order valence-corrected chi connectivity index (χ3v) is 5.43. The Bertz CT molecular complexity index is 461. The van der Waals surface area contributed by atoms with Crippen LogP contribution in [-0.4, -0.2) is 34.9 Å². The molecule has 0 radical (unpaired) electrons. The van der Waals surface area contributed by atoms with Gasteiger partial charge >= 0.3 is 0 Å². The fourth-order valence-corrected chi connectivity index (χ4v) is 4.02. The van der Waals surface area contributed by atoms with E-state index in [1.54, 1.807) is 0 Å². The smallest absolute Gasteiger partial charge is 0.193 e. The van der Waals surface area contributed by atoms with E-state index in [1.807, 2.05) is 29.9 Å². The summed E-state index contributed by atoms with van der Waals surface area (Å²) in [6.45, 7) is 2.81. The van der Waals surface area contributed by atoms with Crippen molar-refractivity contribution in [1.82, 2.24) is 9.47 Å². The SMILES string of the molecule is Cn1cccc1C(=O)CN1CCC2(CCCCC2)CC1. The number of Topliss-reactive ketones (excluding diaryl/α,β-unsaturated/α-hetero) is 1. The molecule has 2 heterocycles. The minimum atomic E-state index is 0.261. The van der Waals surface area contributed by atoms with Gasteiger partial charge in [0.05, 0.1) is 12.2 Å². The molecule has 3 heteroatoms. The zero-order valence-electron chi connectivity index (χ0n) is 12.6. The van der Waals surface area contributed by atoms with E-state index in [9.17, 15) is 4.79 Å². The first kappa shape index (κ1) is 13.9. The van der Waals surface area contributed by atoms with Crippen molar-refractivity contribution >= 4 is 5.78 Å². The number of carbonyl (C=O) groups is 1. The molecule has 0 N–H and O–H groups in total. The fourth-order valence-electron chi connectivity index (χ4n) is 4.02.